The van der Waals surface area contributed by atoms with Crippen LogP contribution in [0.5, 0.6) is 0 Å². The number of aliphatic hydroxyl groups is 1. The van der Waals surface area contributed by atoms with Crippen molar-refractivity contribution in [3.63, 3.8) is 0 Å². The molecule has 0 amide bonds. The molecule has 1 atom stereocenters. The first-order chi connectivity index (χ1) is 4.90. The van der Waals surface area contributed by atoms with E-state index in [1.807, 2.05) is 0 Å². The molecule has 8 heavy (non-hydrogen) atoms. The van der Waals surface area contributed by atoms with E-state index in [1.54, 1.807) is 0 Å². The van der Waals surface area contributed by atoms with E-state index >= 15 is 0 Å². The van der Waals surface area contributed by atoms with Gasteiger partial charge in [-0.15, -0.1) is 0 Å². The van der Waals surface area contributed by atoms with Gasteiger partial charge in [-0.3, -0.25) is 4.79 Å². The molecule has 0 aromatic heterocycles. The van der Waals surface area contributed by atoms with Crippen LogP contribution < -0.4 is 0 Å². The van der Waals surface area contributed by atoms with E-state index in [4.69, 9.17) is 9.22 Å². The van der Waals surface area contributed by atoms with E-state index in [0.717, 1.165) is 7.11 Å². The van der Waals surface area contributed by atoms with Crippen molar-refractivity contribution in [1.82, 2.24) is 0 Å². The van der Waals surface area contributed by atoms with Crippen LogP contribution in [-0.2, 0) is 9.53 Å². The molecule has 0 fully saturated rings. The first-order valence-electron chi connectivity index (χ1n) is 3.65. The normalized spacial score (nSPS) is 20.0. The molecule has 0 radical (unpaired) electrons. The van der Waals surface area contributed by atoms with Crippen molar-refractivity contribution in [2.24, 2.45) is 0 Å². The highest BCUT2D eigenvalue weighted by Crippen LogP contribution is 1.87. The van der Waals surface area contributed by atoms with E-state index in [-0.39, 0.29) is 0 Å². The van der Waals surface area contributed by atoms with Gasteiger partial charge in [0.2, 0.25) is 0 Å². The van der Waals surface area contributed by atoms with Crippen LogP contribution in [0.25, 0.3) is 0 Å². The summed E-state index contributed by atoms with van der Waals surface area (Å²) in [5.74, 6) is -0.777. The van der Waals surface area contributed by atoms with E-state index in [0.29, 0.717) is 0 Å². The zero-order chi connectivity index (χ0) is 9.07. The topological polar surface area (TPSA) is 46.5 Å². The first-order valence-corrected chi connectivity index (χ1v) is 2.07. The molecule has 0 heterocycles. The highest BCUT2D eigenvalue weighted by atomic mass is 16.5. The molecule has 0 bridgehead atoms. The van der Waals surface area contributed by atoms with Gasteiger partial charge in [-0.05, 0) is 6.37 Å². The largest absolute Gasteiger partial charge is 0.469 e. The zero-order valence-electron chi connectivity index (χ0n) is 7.55. The quantitative estimate of drug-likeness (QED) is 0.532. The maximum atomic E-state index is 10.5. The molecular weight excluding hydrogens is 108 g/mol. The number of carbonyl (C=O) groups is 1. The van der Waals surface area contributed by atoms with Crippen molar-refractivity contribution in [1.29, 1.82) is 0 Å². The second kappa shape index (κ2) is 4.59. The lowest BCUT2D eigenvalue weighted by molar-refractivity contribution is -0.140. The number of methoxy groups -OCH3 is 1. The molecule has 0 spiro atoms. The van der Waals surface area contributed by atoms with Crippen LogP contribution in [0.15, 0.2) is 0 Å². The molecule has 3 nitrogen and oxygen atoms in total. The molecule has 48 valence electrons. The number of carbonyl (C=O) groups excluding carboxylic acids is 1. The van der Waals surface area contributed by atoms with Gasteiger partial charge in [0, 0.05) is 15.7 Å². The minimum Gasteiger partial charge on any atom is -0.469 e. The Morgan fingerprint density at radius 3 is 3.00 bits per heavy atom. The number of esters is 1. The molecule has 0 aromatic rings. The van der Waals surface area contributed by atoms with Crippen LogP contribution in [0.3, 0.4) is 0 Å². The number of hydrogen-bond donors (Lipinski definition) is 1. The molecule has 1 N–H and O–H groups in total. The van der Waals surface area contributed by atoms with Crippen molar-refractivity contribution in [2.45, 2.75) is 12.8 Å². The van der Waals surface area contributed by atoms with Gasteiger partial charge >= 0.3 is 5.97 Å². The van der Waals surface area contributed by atoms with E-state index in [2.05, 4.69) is 4.74 Å². The predicted octanol–water partition coefficient (Wildman–Crippen LogP) is -0.0681. The second-order valence-electron chi connectivity index (χ2n) is 1.09. The van der Waals surface area contributed by atoms with E-state index < -0.39 is 25.3 Å². The van der Waals surface area contributed by atoms with Gasteiger partial charge in [-0.2, -0.15) is 0 Å². The Bertz CT molecular complexity index is 146. The van der Waals surface area contributed by atoms with Crippen LogP contribution in [0.4, 0.5) is 0 Å². The molecular formula is C5H10O3. The Morgan fingerprint density at radius 1 is 2.00 bits per heavy atom. The molecule has 3 heteroatoms. The lowest BCUT2D eigenvalue weighted by Gasteiger charge is -1.93. The monoisotopic (exact) mass is 121 g/mol. The van der Waals surface area contributed by atoms with Crippen molar-refractivity contribution in [3.8, 4) is 0 Å². The minimum atomic E-state index is -2.23. The van der Waals surface area contributed by atoms with Crippen LogP contribution in [0.1, 0.15) is 16.9 Å². The van der Waals surface area contributed by atoms with Gasteiger partial charge in [-0.25, -0.2) is 0 Å². The predicted molar refractivity (Wildman–Crippen MR) is 28.3 cm³/mol. The first kappa shape index (κ1) is 3.45. The highest BCUT2D eigenvalue weighted by molar-refractivity contribution is 5.68. The Kier molecular flexibility index (Phi) is 1.98. The van der Waals surface area contributed by atoms with Crippen LogP contribution in [0.2, 0.25) is 0 Å². The summed E-state index contributed by atoms with van der Waals surface area (Å²) in [5.41, 5.74) is 0. The van der Waals surface area contributed by atoms with Gasteiger partial charge in [0.25, 0.3) is 0 Å². The van der Waals surface area contributed by atoms with E-state index in [1.165, 1.54) is 0 Å². The molecule has 0 rings (SSSR count). The number of aliphatic hydroxyl groups excluding tert-OH is 1. The third-order valence-corrected chi connectivity index (χ3v) is 0.565. The van der Waals surface area contributed by atoms with Crippen molar-refractivity contribution in [3.05, 3.63) is 0 Å². The average molecular weight is 121 g/mol. The summed E-state index contributed by atoms with van der Waals surface area (Å²) in [7, 11) is 1.12. The fourth-order valence-corrected chi connectivity index (χ4v) is 0.201. The van der Waals surface area contributed by atoms with Gasteiger partial charge in [0.15, 0.2) is 0 Å². The molecule has 0 unspecified atom stereocenters. The van der Waals surface area contributed by atoms with Crippen molar-refractivity contribution < 1.29 is 18.8 Å². The molecule has 0 aliphatic rings. The standard InChI is InChI=1S/C5H10O3/c1-8-5(7)3-2-4-6/h6H,2-4H2,1H3/i2D2,4D/t4-/m0/s1. The summed E-state index contributed by atoms with van der Waals surface area (Å²) >= 11 is 0. The van der Waals surface area contributed by atoms with Gasteiger partial charge in [0.05, 0.1) is 8.48 Å². The summed E-state index contributed by atoms with van der Waals surface area (Å²) in [6.45, 7) is -1.92. The maximum Gasteiger partial charge on any atom is 0.305 e. The lowest BCUT2D eigenvalue weighted by atomic mass is 10.3. The molecule has 0 aliphatic heterocycles. The Hall–Kier alpha value is -0.570. The van der Waals surface area contributed by atoms with E-state index in [9.17, 15) is 4.79 Å². The van der Waals surface area contributed by atoms with Crippen LogP contribution in [-0.4, -0.2) is 24.8 Å². The molecule has 0 aromatic carbocycles. The maximum absolute atomic E-state index is 10.5. The van der Waals surface area contributed by atoms with Gasteiger partial charge in [0.1, 0.15) is 0 Å². The number of rotatable bonds is 3. The number of hydrogen-bond acceptors (Lipinski definition) is 3. The molecule has 0 saturated carbocycles. The summed E-state index contributed by atoms with van der Waals surface area (Å²) in [6.07, 6.45) is -2.83. The highest BCUT2D eigenvalue weighted by Gasteiger charge is 1.95. The summed E-state index contributed by atoms with van der Waals surface area (Å²) in [4.78, 5) is 10.5. The summed E-state index contributed by atoms with van der Waals surface area (Å²) < 4.78 is 24.7. The number of ether oxygens (including phenoxy) is 1. The molecule has 0 saturated heterocycles. The third-order valence-electron chi connectivity index (χ3n) is 0.565. The smallest absolute Gasteiger partial charge is 0.305 e. The SMILES string of the molecule is [2H][C@H](O)C([2H])([2H])CC(=O)OC. The van der Waals surface area contributed by atoms with Crippen LogP contribution >= 0.6 is 0 Å². The van der Waals surface area contributed by atoms with Crippen molar-refractivity contribution >= 4 is 5.97 Å². The zero-order valence-corrected chi connectivity index (χ0v) is 4.55. The summed E-state index contributed by atoms with van der Waals surface area (Å²) in [6, 6.07) is 0. The fourth-order valence-electron chi connectivity index (χ4n) is 0.201. The summed E-state index contributed by atoms with van der Waals surface area (Å²) in [5, 5.41) is 8.51. The second-order valence-corrected chi connectivity index (χ2v) is 1.09. The van der Waals surface area contributed by atoms with Crippen molar-refractivity contribution in [2.75, 3.05) is 13.7 Å². The fraction of sp³-hybridized carbons (Fsp3) is 0.800. The third kappa shape index (κ3) is 3.61. The van der Waals surface area contributed by atoms with Crippen LogP contribution in [0, 0.1) is 0 Å². The minimum absolute atomic E-state index is 0.603. The average Bonchev–Trinajstić information content (AvgIpc) is 1.86. The molecule has 0 aliphatic carbocycles. The Morgan fingerprint density at radius 2 is 2.62 bits per heavy atom. The van der Waals surface area contributed by atoms with Gasteiger partial charge < -0.3 is 9.84 Å². The van der Waals surface area contributed by atoms with Gasteiger partial charge in [-0.1, -0.05) is 0 Å². The Balaban J connectivity index is 4.01. The lowest BCUT2D eigenvalue weighted by Crippen LogP contribution is -2.00. The Labute approximate surface area is 52.5 Å².